The van der Waals surface area contributed by atoms with Crippen LogP contribution < -0.4 is 16.4 Å². The van der Waals surface area contributed by atoms with Gasteiger partial charge in [0.1, 0.15) is 0 Å². The number of hydrogen-bond donors (Lipinski definition) is 3. The fraction of sp³-hybridized carbons (Fsp3) is 0.417. The third-order valence-electron chi connectivity index (χ3n) is 5.55. The number of nitrogens with two attached hydrogens (primary N) is 1. The van der Waals surface area contributed by atoms with Crippen LogP contribution in [0, 0.1) is 12.8 Å². The van der Waals surface area contributed by atoms with E-state index in [0.29, 0.717) is 43.8 Å². The van der Waals surface area contributed by atoms with Crippen LogP contribution in [0.4, 0.5) is 10.7 Å². The van der Waals surface area contributed by atoms with Crippen molar-refractivity contribution in [2.75, 3.05) is 32.1 Å². The fourth-order valence-electron chi connectivity index (χ4n) is 3.56. The maximum absolute atomic E-state index is 12.6. The van der Waals surface area contributed by atoms with Gasteiger partial charge in [-0.15, -0.1) is 0 Å². The first kappa shape index (κ1) is 24.2. The van der Waals surface area contributed by atoms with E-state index in [1.54, 1.807) is 19.5 Å². The van der Waals surface area contributed by atoms with Gasteiger partial charge < -0.3 is 26.0 Å². The van der Waals surface area contributed by atoms with E-state index in [2.05, 4.69) is 45.5 Å². The first-order valence-corrected chi connectivity index (χ1v) is 11.1. The molecule has 1 saturated heterocycles. The first-order chi connectivity index (χ1) is 15.9. The molecule has 1 atom stereocenters. The van der Waals surface area contributed by atoms with Gasteiger partial charge in [0.2, 0.25) is 5.95 Å². The molecule has 2 aromatic rings. The van der Waals surface area contributed by atoms with Crippen LogP contribution in [0.25, 0.3) is 11.3 Å². The van der Waals surface area contributed by atoms with E-state index in [4.69, 9.17) is 10.5 Å². The average Bonchev–Trinajstić information content (AvgIpc) is 2.83. The third kappa shape index (κ3) is 6.52. The lowest BCUT2D eigenvalue weighted by Crippen LogP contribution is -2.50. The van der Waals surface area contributed by atoms with Gasteiger partial charge in [0.25, 0.3) is 0 Å². The molecule has 0 aliphatic carbocycles. The number of carbonyl (C=O) groups is 1. The van der Waals surface area contributed by atoms with Gasteiger partial charge >= 0.3 is 6.03 Å². The smallest absolute Gasteiger partial charge is 0.317 e. The Hall–Kier alpha value is -3.46. The molecule has 1 aromatic heterocycles. The monoisotopic (exact) mass is 451 g/mol. The minimum absolute atomic E-state index is 0.0571. The number of nitrogens with zero attached hydrogens (tertiary/aromatic N) is 4. The van der Waals surface area contributed by atoms with E-state index in [0.717, 1.165) is 22.4 Å². The predicted molar refractivity (Wildman–Crippen MR) is 131 cm³/mol. The van der Waals surface area contributed by atoms with E-state index in [9.17, 15) is 4.79 Å². The normalized spacial score (nSPS) is 16.9. The number of hydrogen-bond acceptors (Lipinski definition) is 7. The van der Waals surface area contributed by atoms with Crippen LogP contribution in [-0.2, 0) is 11.3 Å². The third-order valence-corrected chi connectivity index (χ3v) is 5.55. The Kier molecular flexibility index (Phi) is 8.37. The number of morpholine rings is 1. The lowest BCUT2D eigenvalue weighted by molar-refractivity contribution is -0.0371. The molecule has 1 fully saturated rings. The van der Waals surface area contributed by atoms with Crippen molar-refractivity contribution >= 4 is 18.2 Å². The van der Waals surface area contributed by atoms with Crippen LogP contribution in [0.2, 0.25) is 0 Å². The van der Waals surface area contributed by atoms with Gasteiger partial charge in [0, 0.05) is 50.9 Å². The van der Waals surface area contributed by atoms with Crippen molar-refractivity contribution in [2.24, 2.45) is 16.6 Å². The number of rotatable bonds is 7. The van der Waals surface area contributed by atoms with Gasteiger partial charge in [-0.2, -0.15) is 0 Å². The number of benzene rings is 1. The molecule has 176 valence electrons. The highest BCUT2D eigenvalue weighted by molar-refractivity contribution is 5.82. The Morgan fingerprint density at radius 1 is 1.39 bits per heavy atom. The Morgan fingerprint density at radius 3 is 2.91 bits per heavy atom. The number of ether oxygens (including phenoxy) is 1. The Bertz CT molecular complexity index is 1020. The zero-order valence-electron chi connectivity index (χ0n) is 19.7. The summed E-state index contributed by atoms with van der Waals surface area (Å²) in [5, 5.41) is 6.09. The van der Waals surface area contributed by atoms with Crippen LogP contribution in [0.15, 0.2) is 47.4 Å². The Labute approximate surface area is 195 Å². The molecule has 9 nitrogen and oxygen atoms in total. The topological polar surface area (TPSA) is 118 Å². The van der Waals surface area contributed by atoms with Crippen LogP contribution >= 0.6 is 0 Å². The molecule has 4 N–H and O–H groups in total. The van der Waals surface area contributed by atoms with Crippen LogP contribution in [0.1, 0.15) is 25.0 Å². The molecule has 0 spiro atoms. The second-order valence-corrected chi connectivity index (χ2v) is 8.30. The number of aryl methyl sites for hydroxylation is 1. The zero-order chi connectivity index (χ0) is 23.8. The molecule has 9 heteroatoms. The van der Waals surface area contributed by atoms with E-state index >= 15 is 0 Å². The summed E-state index contributed by atoms with van der Waals surface area (Å²) >= 11 is 0. The number of aliphatic imine (C=N–C) groups is 1. The molecule has 1 aromatic carbocycles. The number of aromatic nitrogens is 2. The zero-order valence-corrected chi connectivity index (χ0v) is 19.7. The summed E-state index contributed by atoms with van der Waals surface area (Å²) in [6.45, 7) is 8.53. The summed E-state index contributed by atoms with van der Waals surface area (Å²) in [7, 11) is 1.67. The van der Waals surface area contributed by atoms with Crippen molar-refractivity contribution in [3.63, 3.8) is 0 Å². The highest BCUT2D eigenvalue weighted by Gasteiger charge is 2.26. The summed E-state index contributed by atoms with van der Waals surface area (Å²) in [5.74, 6) is 0.814. The maximum Gasteiger partial charge on any atom is 0.317 e. The molecule has 1 aliphatic heterocycles. The molecule has 2 heterocycles. The quantitative estimate of drug-likeness (QED) is 0.557. The van der Waals surface area contributed by atoms with Gasteiger partial charge in [-0.3, -0.25) is 4.99 Å². The highest BCUT2D eigenvalue weighted by Crippen LogP contribution is 2.22. The van der Waals surface area contributed by atoms with E-state index < -0.39 is 0 Å². The average molecular weight is 452 g/mol. The van der Waals surface area contributed by atoms with Gasteiger partial charge in [-0.25, -0.2) is 14.8 Å². The van der Waals surface area contributed by atoms with Gasteiger partial charge in [0.05, 0.1) is 24.1 Å². The second-order valence-electron chi connectivity index (χ2n) is 8.30. The molecule has 3 rings (SSSR count). The summed E-state index contributed by atoms with van der Waals surface area (Å²) in [4.78, 5) is 27.2. The second kappa shape index (κ2) is 11.4. The minimum Gasteiger partial charge on any atom is -0.403 e. The van der Waals surface area contributed by atoms with E-state index in [-0.39, 0.29) is 12.1 Å². The molecule has 1 unspecified atom stereocenters. The first-order valence-electron chi connectivity index (χ1n) is 11.1. The lowest BCUT2D eigenvalue weighted by atomic mass is 10.0. The molecule has 33 heavy (non-hydrogen) atoms. The molecule has 0 radical (unpaired) electrons. The van der Waals surface area contributed by atoms with Crippen LogP contribution in [0.5, 0.6) is 0 Å². The lowest BCUT2D eigenvalue weighted by Gasteiger charge is -2.34. The van der Waals surface area contributed by atoms with Crippen LogP contribution in [-0.4, -0.2) is 60.0 Å². The molecular weight excluding hydrogens is 418 g/mol. The molecule has 0 saturated carbocycles. The number of carbonyl (C=O) groups excluding carboxylic acids is 1. The Morgan fingerprint density at radius 2 is 2.21 bits per heavy atom. The number of allylic oxidation sites excluding steroid dienone is 1. The van der Waals surface area contributed by atoms with Crippen molar-refractivity contribution in [2.45, 2.75) is 33.4 Å². The van der Waals surface area contributed by atoms with Crippen molar-refractivity contribution in [3.05, 3.63) is 53.5 Å². The summed E-state index contributed by atoms with van der Waals surface area (Å²) < 4.78 is 5.75. The van der Waals surface area contributed by atoms with Crippen LogP contribution in [0.3, 0.4) is 0 Å². The van der Waals surface area contributed by atoms with Crippen molar-refractivity contribution in [1.82, 2.24) is 20.2 Å². The summed E-state index contributed by atoms with van der Waals surface area (Å²) in [6.07, 6.45) is 4.79. The molecule has 2 amide bonds. The minimum atomic E-state index is -0.0571. The Balaban J connectivity index is 1.64. The number of urea groups is 1. The number of amides is 2. The summed E-state index contributed by atoms with van der Waals surface area (Å²) in [5.41, 5.74) is 10.1. The largest absolute Gasteiger partial charge is 0.403 e. The number of nitrogens with one attached hydrogen (secondary N) is 2. The molecule has 0 bridgehead atoms. The standard InChI is InChI=1S/C24H33N7O2/c1-16(2)22-15-31(9-10-33-22)24(32)28-13-19-6-5-18(11-17(19)3)21-7-8-27-23(30-21)29-20(12-25)14-26-4/h5-8,11-12,14,16,22H,9-10,13,15,25H2,1-4H3,(H,28,32)(H,27,29,30). The van der Waals surface area contributed by atoms with Crippen molar-refractivity contribution < 1.29 is 9.53 Å². The van der Waals surface area contributed by atoms with Gasteiger partial charge in [0.15, 0.2) is 0 Å². The predicted octanol–water partition coefficient (Wildman–Crippen LogP) is 2.93. The number of anilines is 1. The van der Waals surface area contributed by atoms with E-state index in [1.807, 2.05) is 30.0 Å². The summed E-state index contributed by atoms with van der Waals surface area (Å²) in [6, 6.07) is 7.87. The fourth-order valence-corrected chi connectivity index (χ4v) is 3.56. The van der Waals surface area contributed by atoms with Gasteiger partial charge in [-0.05, 0) is 36.1 Å². The van der Waals surface area contributed by atoms with Crippen molar-refractivity contribution in [3.8, 4) is 11.3 Å². The van der Waals surface area contributed by atoms with Crippen molar-refractivity contribution in [1.29, 1.82) is 0 Å². The maximum atomic E-state index is 12.6. The van der Waals surface area contributed by atoms with E-state index in [1.165, 1.54) is 6.20 Å². The SMILES string of the molecule is CN=CC(=CN)Nc1nccc(-c2ccc(CNC(=O)N3CCOC(C(C)C)C3)c(C)c2)n1. The highest BCUT2D eigenvalue weighted by atomic mass is 16.5. The van der Waals surface area contributed by atoms with Gasteiger partial charge in [-0.1, -0.05) is 26.0 Å². The molecular formula is C24H33N7O2. The molecule has 1 aliphatic rings.